The minimum absolute atomic E-state index is 0.375. The van der Waals surface area contributed by atoms with Crippen LogP contribution in [0.25, 0.3) is 5.69 Å². The maximum absolute atomic E-state index is 13.6. The topological polar surface area (TPSA) is 102 Å². The quantitative estimate of drug-likeness (QED) is 0.424. The number of hydrogen-bond donors (Lipinski definition) is 2. The van der Waals surface area contributed by atoms with Gasteiger partial charge in [-0.3, -0.25) is 9.59 Å². The standard InChI is InChI=1S/C19H17F3N6O2S/c1-10-3-5-12(6-4-10)28-19(25-26-27-28)31-11(2)18(30)23-9-15(29)24-14-8-7-13(20)16(21)17(14)22/h3-8,11H,9H2,1-2H3,(H,23,30)(H,24,29)/t11-/m0/s1. The molecule has 0 aliphatic heterocycles. The van der Waals surface area contributed by atoms with Gasteiger partial charge >= 0.3 is 0 Å². The lowest BCUT2D eigenvalue weighted by atomic mass is 10.2. The SMILES string of the molecule is Cc1ccc(-n2nnnc2S[C@@H](C)C(=O)NCC(=O)Nc2ccc(F)c(F)c2F)cc1. The maximum Gasteiger partial charge on any atom is 0.243 e. The van der Waals surface area contributed by atoms with Crippen molar-refractivity contribution in [1.82, 2.24) is 25.5 Å². The lowest BCUT2D eigenvalue weighted by Crippen LogP contribution is -2.37. The van der Waals surface area contributed by atoms with Gasteiger partial charge in [-0.1, -0.05) is 29.5 Å². The third kappa shape index (κ3) is 5.40. The van der Waals surface area contributed by atoms with E-state index in [4.69, 9.17) is 0 Å². The first kappa shape index (κ1) is 22.3. The lowest BCUT2D eigenvalue weighted by Gasteiger charge is -2.12. The van der Waals surface area contributed by atoms with Crippen LogP contribution in [-0.4, -0.2) is 43.8 Å². The zero-order valence-electron chi connectivity index (χ0n) is 16.4. The Balaban J connectivity index is 1.56. The van der Waals surface area contributed by atoms with Gasteiger partial charge in [-0.2, -0.15) is 4.68 Å². The molecule has 0 saturated heterocycles. The van der Waals surface area contributed by atoms with E-state index >= 15 is 0 Å². The van der Waals surface area contributed by atoms with E-state index in [1.807, 2.05) is 31.2 Å². The summed E-state index contributed by atoms with van der Waals surface area (Å²) >= 11 is 1.08. The van der Waals surface area contributed by atoms with Crippen LogP contribution in [0.3, 0.4) is 0 Å². The maximum atomic E-state index is 13.6. The van der Waals surface area contributed by atoms with E-state index < -0.39 is 46.7 Å². The van der Waals surface area contributed by atoms with Crippen molar-refractivity contribution in [2.24, 2.45) is 0 Å². The fourth-order valence-electron chi connectivity index (χ4n) is 2.44. The molecule has 162 valence electrons. The Bertz CT molecular complexity index is 1110. The van der Waals surface area contributed by atoms with Crippen LogP contribution < -0.4 is 10.6 Å². The first-order valence-electron chi connectivity index (χ1n) is 8.99. The number of nitrogens with one attached hydrogen (secondary N) is 2. The number of nitrogens with zero attached hydrogens (tertiary/aromatic N) is 4. The van der Waals surface area contributed by atoms with Gasteiger partial charge in [-0.05, 0) is 48.5 Å². The smallest absolute Gasteiger partial charge is 0.243 e. The summed E-state index contributed by atoms with van der Waals surface area (Å²) in [6, 6.07) is 9.04. The number of tetrazole rings is 1. The van der Waals surface area contributed by atoms with Crippen LogP contribution in [0.5, 0.6) is 0 Å². The minimum Gasteiger partial charge on any atom is -0.346 e. The van der Waals surface area contributed by atoms with Crippen LogP contribution in [-0.2, 0) is 9.59 Å². The summed E-state index contributed by atoms with van der Waals surface area (Å²) in [6.07, 6.45) is 0. The molecule has 1 aromatic heterocycles. The molecule has 31 heavy (non-hydrogen) atoms. The van der Waals surface area contributed by atoms with Gasteiger partial charge in [0.2, 0.25) is 17.0 Å². The van der Waals surface area contributed by atoms with Gasteiger partial charge in [0, 0.05) is 0 Å². The molecule has 0 spiro atoms. The van der Waals surface area contributed by atoms with E-state index in [1.165, 1.54) is 4.68 Å². The van der Waals surface area contributed by atoms with Crippen LogP contribution in [0.2, 0.25) is 0 Å². The minimum atomic E-state index is -1.70. The molecule has 3 aromatic rings. The average molecular weight is 450 g/mol. The average Bonchev–Trinajstić information content (AvgIpc) is 3.21. The number of benzene rings is 2. The predicted molar refractivity (Wildman–Crippen MR) is 107 cm³/mol. The van der Waals surface area contributed by atoms with Crippen molar-refractivity contribution in [3.8, 4) is 5.69 Å². The summed E-state index contributed by atoms with van der Waals surface area (Å²) in [6.45, 7) is 3.05. The Labute approximate surface area is 179 Å². The van der Waals surface area contributed by atoms with Crippen molar-refractivity contribution < 1.29 is 22.8 Å². The van der Waals surface area contributed by atoms with Crippen molar-refractivity contribution in [3.05, 3.63) is 59.4 Å². The van der Waals surface area contributed by atoms with E-state index in [1.54, 1.807) is 6.92 Å². The lowest BCUT2D eigenvalue weighted by molar-refractivity contribution is -0.123. The summed E-state index contributed by atoms with van der Waals surface area (Å²) in [5, 5.41) is 15.6. The number of thioether (sulfide) groups is 1. The molecule has 0 bridgehead atoms. The zero-order chi connectivity index (χ0) is 22.5. The van der Waals surface area contributed by atoms with E-state index in [0.29, 0.717) is 11.2 Å². The Morgan fingerprint density at radius 3 is 2.52 bits per heavy atom. The van der Waals surface area contributed by atoms with Crippen molar-refractivity contribution in [3.63, 3.8) is 0 Å². The molecule has 2 aromatic carbocycles. The molecule has 2 N–H and O–H groups in total. The highest BCUT2D eigenvalue weighted by Gasteiger charge is 2.20. The van der Waals surface area contributed by atoms with Gasteiger partial charge in [0.05, 0.1) is 23.2 Å². The van der Waals surface area contributed by atoms with Crippen LogP contribution in [0.1, 0.15) is 12.5 Å². The second-order valence-corrected chi connectivity index (χ2v) is 7.77. The Hall–Kier alpha value is -3.41. The van der Waals surface area contributed by atoms with Crippen molar-refractivity contribution in [1.29, 1.82) is 0 Å². The van der Waals surface area contributed by atoms with Gasteiger partial charge < -0.3 is 10.6 Å². The van der Waals surface area contributed by atoms with Crippen LogP contribution >= 0.6 is 11.8 Å². The molecular formula is C19H17F3N6O2S. The Morgan fingerprint density at radius 2 is 1.81 bits per heavy atom. The monoisotopic (exact) mass is 450 g/mol. The fraction of sp³-hybridized carbons (Fsp3) is 0.211. The number of carbonyl (C=O) groups excluding carboxylic acids is 2. The normalized spacial score (nSPS) is 11.8. The van der Waals surface area contributed by atoms with Gasteiger partial charge in [0.1, 0.15) is 0 Å². The molecule has 1 heterocycles. The summed E-state index contributed by atoms with van der Waals surface area (Å²) < 4.78 is 41.3. The van der Waals surface area contributed by atoms with Crippen molar-refractivity contribution in [2.45, 2.75) is 24.3 Å². The molecule has 0 unspecified atom stereocenters. The molecule has 0 saturated carbocycles. The van der Waals surface area contributed by atoms with E-state index in [0.717, 1.165) is 29.1 Å². The van der Waals surface area contributed by atoms with E-state index in [9.17, 15) is 22.8 Å². The third-order valence-electron chi connectivity index (χ3n) is 4.10. The summed E-state index contributed by atoms with van der Waals surface area (Å²) in [5.74, 6) is -5.89. The Kier molecular flexibility index (Phi) is 6.90. The molecule has 12 heteroatoms. The fourth-order valence-corrected chi connectivity index (χ4v) is 3.27. The first-order chi connectivity index (χ1) is 14.8. The predicted octanol–water partition coefficient (Wildman–Crippen LogP) is 2.62. The number of anilines is 1. The molecule has 0 aliphatic carbocycles. The Morgan fingerprint density at radius 1 is 1.10 bits per heavy atom. The van der Waals surface area contributed by atoms with Gasteiger partial charge in [0.15, 0.2) is 17.5 Å². The second kappa shape index (κ2) is 9.60. The molecule has 8 nitrogen and oxygen atoms in total. The molecule has 0 aliphatic rings. The second-order valence-electron chi connectivity index (χ2n) is 6.46. The van der Waals surface area contributed by atoms with Gasteiger partial charge in [-0.15, -0.1) is 5.10 Å². The summed E-state index contributed by atoms with van der Waals surface area (Å²) in [5.41, 5.74) is 1.26. The van der Waals surface area contributed by atoms with Crippen LogP contribution in [0.4, 0.5) is 18.9 Å². The molecule has 3 rings (SSSR count). The summed E-state index contributed by atoms with van der Waals surface area (Å²) in [4.78, 5) is 24.2. The number of aromatic nitrogens is 4. The highest BCUT2D eigenvalue weighted by atomic mass is 32.2. The number of hydrogen-bond acceptors (Lipinski definition) is 6. The van der Waals surface area contributed by atoms with Gasteiger partial charge in [0.25, 0.3) is 0 Å². The highest BCUT2D eigenvalue weighted by molar-refractivity contribution is 8.00. The number of carbonyl (C=O) groups is 2. The highest BCUT2D eigenvalue weighted by Crippen LogP contribution is 2.23. The molecule has 2 amide bonds. The molecular weight excluding hydrogens is 433 g/mol. The van der Waals surface area contributed by atoms with Crippen molar-refractivity contribution >= 4 is 29.3 Å². The third-order valence-corrected chi connectivity index (χ3v) is 5.14. The van der Waals surface area contributed by atoms with E-state index in [-0.39, 0.29) is 0 Å². The summed E-state index contributed by atoms with van der Waals surface area (Å²) in [7, 11) is 0. The first-order valence-corrected chi connectivity index (χ1v) is 9.87. The van der Waals surface area contributed by atoms with Crippen LogP contribution in [0, 0.1) is 24.4 Å². The molecule has 0 fully saturated rings. The zero-order valence-corrected chi connectivity index (χ0v) is 17.2. The van der Waals surface area contributed by atoms with Crippen LogP contribution in [0.15, 0.2) is 41.6 Å². The molecule has 0 radical (unpaired) electrons. The number of rotatable bonds is 7. The number of aryl methyl sites for hydroxylation is 1. The largest absolute Gasteiger partial charge is 0.346 e. The van der Waals surface area contributed by atoms with Gasteiger partial charge in [-0.25, -0.2) is 13.2 Å². The van der Waals surface area contributed by atoms with E-state index in [2.05, 4.69) is 26.2 Å². The van der Waals surface area contributed by atoms with Crippen molar-refractivity contribution in [2.75, 3.05) is 11.9 Å². The number of amides is 2. The molecule has 1 atom stereocenters. The number of halogens is 3.